The molecule has 0 aliphatic heterocycles. The Kier molecular flexibility index (Phi) is 5.84. The summed E-state index contributed by atoms with van der Waals surface area (Å²) in [4.78, 5) is 7.70. The minimum absolute atomic E-state index is 0.269. The van der Waals surface area contributed by atoms with E-state index in [1.165, 1.54) is 27.7 Å². The Balaban J connectivity index is 1.53. The molecule has 2 heterocycles. The molecule has 3 rings (SSSR count). The van der Waals surface area contributed by atoms with Gasteiger partial charge in [0.25, 0.3) is 0 Å². The lowest BCUT2D eigenvalue weighted by Gasteiger charge is -2.18. The molecule has 0 amide bonds. The molecule has 0 aliphatic carbocycles. The van der Waals surface area contributed by atoms with Crippen molar-refractivity contribution in [3.63, 3.8) is 0 Å². The van der Waals surface area contributed by atoms with E-state index in [-0.39, 0.29) is 6.04 Å². The molecule has 0 aliphatic rings. The molecule has 0 fully saturated rings. The Morgan fingerprint density at radius 1 is 1.30 bits per heavy atom. The maximum Gasteiger partial charge on any atom is 0.191 e. The molecular formula is C21H30N6. The van der Waals surface area contributed by atoms with E-state index in [0.29, 0.717) is 0 Å². The van der Waals surface area contributed by atoms with Crippen LogP contribution in [0.5, 0.6) is 0 Å². The molecule has 3 N–H and O–H groups in total. The van der Waals surface area contributed by atoms with Gasteiger partial charge in [-0.2, -0.15) is 5.10 Å². The van der Waals surface area contributed by atoms with Crippen molar-refractivity contribution in [1.82, 2.24) is 25.4 Å². The third-order valence-corrected chi connectivity index (χ3v) is 5.14. The third kappa shape index (κ3) is 4.32. The summed E-state index contributed by atoms with van der Waals surface area (Å²) in [6.07, 6.45) is 3.97. The predicted octanol–water partition coefficient (Wildman–Crippen LogP) is 2.86. The molecule has 2 aromatic heterocycles. The number of fused-ring (bicyclic) bond motifs is 1. The van der Waals surface area contributed by atoms with Gasteiger partial charge in [0.2, 0.25) is 0 Å². The first-order chi connectivity index (χ1) is 13.0. The molecule has 0 spiro atoms. The zero-order valence-corrected chi connectivity index (χ0v) is 16.9. The number of rotatable bonds is 6. The molecule has 1 aromatic carbocycles. The Labute approximate surface area is 161 Å². The molecule has 0 saturated carbocycles. The van der Waals surface area contributed by atoms with Gasteiger partial charge < -0.3 is 15.6 Å². The van der Waals surface area contributed by atoms with Crippen LogP contribution in [0.3, 0.4) is 0 Å². The van der Waals surface area contributed by atoms with Crippen molar-refractivity contribution < 1.29 is 0 Å². The fourth-order valence-corrected chi connectivity index (χ4v) is 3.55. The van der Waals surface area contributed by atoms with E-state index in [4.69, 9.17) is 0 Å². The van der Waals surface area contributed by atoms with E-state index in [2.05, 4.69) is 76.9 Å². The number of aromatic amines is 1. The summed E-state index contributed by atoms with van der Waals surface area (Å²) in [5.74, 6) is 0.835. The van der Waals surface area contributed by atoms with Gasteiger partial charge in [-0.25, -0.2) is 0 Å². The quantitative estimate of drug-likeness (QED) is 0.464. The topological polar surface area (TPSA) is 70.0 Å². The number of aryl methyl sites for hydroxylation is 2. The van der Waals surface area contributed by atoms with Gasteiger partial charge in [0.15, 0.2) is 5.96 Å². The average molecular weight is 367 g/mol. The van der Waals surface area contributed by atoms with Crippen molar-refractivity contribution >= 4 is 16.9 Å². The number of aromatic nitrogens is 3. The van der Waals surface area contributed by atoms with Crippen LogP contribution in [0.15, 0.2) is 35.5 Å². The summed E-state index contributed by atoms with van der Waals surface area (Å²) >= 11 is 0. The molecule has 144 valence electrons. The summed E-state index contributed by atoms with van der Waals surface area (Å²) in [5.41, 5.74) is 6.15. The van der Waals surface area contributed by atoms with Crippen molar-refractivity contribution in [2.75, 3.05) is 13.6 Å². The number of aliphatic imine (C=N–C) groups is 1. The zero-order valence-electron chi connectivity index (χ0n) is 16.9. The lowest BCUT2D eigenvalue weighted by Crippen LogP contribution is -2.43. The van der Waals surface area contributed by atoms with E-state index in [0.717, 1.165) is 31.0 Å². The van der Waals surface area contributed by atoms with Gasteiger partial charge >= 0.3 is 0 Å². The number of hydrogen-bond acceptors (Lipinski definition) is 2. The summed E-state index contributed by atoms with van der Waals surface area (Å²) in [5, 5.41) is 12.7. The van der Waals surface area contributed by atoms with E-state index in [1.54, 1.807) is 0 Å². The third-order valence-electron chi connectivity index (χ3n) is 5.14. The summed E-state index contributed by atoms with van der Waals surface area (Å²) in [6, 6.07) is 8.68. The van der Waals surface area contributed by atoms with E-state index in [9.17, 15) is 0 Å². The molecule has 1 atom stereocenters. The minimum Gasteiger partial charge on any atom is -0.361 e. The van der Waals surface area contributed by atoms with Crippen LogP contribution in [0.1, 0.15) is 29.4 Å². The van der Waals surface area contributed by atoms with Crippen LogP contribution < -0.4 is 10.6 Å². The standard InChI is InChI=1S/C21H30N6/c1-14(12-19-15(2)26-27(5)16(19)3)25-21(22-4)23-11-10-17-13-24-20-9-7-6-8-18(17)20/h6-9,13-14,24H,10-12H2,1-5H3,(H2,22,23,25). The van der Waals surface area contributed by atoms with Gasteiger partial charge in [-0.05, 0) is 50.8 Å². The first kappa shape index (κ1) is 19.0. The number of nitrogens with zero attached hydrogens (tertiary/aromatic N) is 3. The maximum absolute atomic E-state index is 4.51. The highest BCUT2D eigenvalue weighted by atomic mass is 15.3. The molecule has 6 heteroatoms. The Hall–Kier alpha value is -2.76. The van der Waals surface area contributed by atoms with Gasteiger partial charge in [-0.3, -0.25) is 9.67 Å². The average Bonchev–Trinajstić information content (AvgIpc) is 3.17. The number of H-pyrrole nitrogens is 1. The molecule has 0 radical (unpaired) electrons. The number of para-hydroxylation sites is 1. The van der Waals surface area contributed by atoms with Crippen LogP contribution in [-0.2, 0) is 19.9 Å². The lowest BCUT2D eigenvalue weighted by molar-refractivity contribution is 0.635. The monoisotopic (exact) mass is 366 g/mol. The van der Waals surface area contributed by atoms with Crippen molar-refractivity contribution in [2.45, 2.75) is 39.7 Å². The Bertz CT molecular complexity index is 933. The number of benzene rings is 1. The summed E-state index contributed by atoms with van der Waals surface area (Å²) < 4.78 is 1.95. The first-order valence-corrected chi connectivity index (χ1v) is 9.50. The van der Waals surface area contributed by atoms with Crippen molar-refractivity contribution in [1.29, 1.82) is 0 Å². The number of hydrogen-bond donors (Lipinski definition) is 3. The fraction of sp³-hybridized carbons (Fsp3) is 0.429. The largest absolute Gasteiger partial charge is 0.361 e. The van der Waals surface area contributed by atoms with Gasteiger partial charge in [0, 0.05) is 49.5 Å². The van der Waals surface area contributed by atoms with Crippen molar-refractivity contribution in [3.8, 4) is 0 Å². The van der Waals surface area contributed by atoms with Crippen LogP contribution in [-0.4, -0.2) is 40.4 Å². The van der Waals surface area contributed by atoms with Crippen LogP contribution in [0.25, 0.3) is 10.9 Å². The smallest absolute Gasteiger partial charge is 0.191 e. The van der Waals surface area contributed by atoms with Gasteiger partial charge in [-0.1, -0.05) is 18.2 Å². The van der Waals surface area contributed by atoms with Crippen LogP contribution in [0.4, 0.5) is 0 Å². The van der Waals surface area contributed by atoms with E-state index < -0.39 is 0 Å². The molecule has 3 aromatic rings. The second kappa shape index (κ2) is 8.29. The molecule has 0 bridgehead atoms. The number of nitrogens with one attached hydrogen (secondary N) is 3. The van der Waals surface area contributed by atoms with Gasteiger partial charge in [0.05, 0.1) is 5.69 Å². The molecule has 6 nitrogen and oxygen atoms in total. The number of guanidine groups is 1. The molecule has 1 unspecified atom stereocenters. The van der Waals surface area contributed by atoms with Crippen molar-refractivity contribution in [3.05, 3.63) is 53.0 Å². The molecular weight excluding hydrogens is 336 g/mol. The second-order valence-corrected chi connectivity index (χ2v) is 7.13. The Morgan fingerprint density at radius 3 is 2.78 bits per heavy atom. The summed E-state index contributed by atoms with van der Waals surface area (Å²) in [7, 11) is 3.81. The highest BCUT2D eigenvalue weighted by molar-refractivity contribution is 5.83. The first-order valence-electron chi connectivity index (χ1n) is 9.50. The molecule has 27 heavy (non-hydrogen) atoms. The zero-order chi connectivity index (χ0) is 19.4. The van der Waals surface area contributed by atoms with Gasteiger partial charge in [-0.15, -0.1) is 0 Å². The lowest BCUT2D eigenvalue weighted by atomic mass is 10.1. The van der Waals surface area contributed by atoms with Crippen LogP contribution >= 0.6 is 0 Å². The minimum atomic E-state index is 0.269. The SMILES string of the molecule is CN=C(NCCc1c[nH]c2ccccc12)NC(C)Cc1c(C)nn(C)c1C. The van der Waals surface area contributed by atoms with E-state index >= 15 is 0 Å². The normalized spacial score (nSPS) is 13.1. The van der Waals surface area contributed by atoms with Crippen molar-refractivity contribution in [2.24, 2.45) is 12.0 Å². The maximum atomic E-state index is 4.51. The van der Waals surface area contributed by atoms with Gasteiger partial charge in [0.1, 0.15) is 0 Å². The molecule has 0 saturated heterocycles. The fourth-order valence-electron chi connectivity index (χ4n) is 3.55. The summed E-state index contributed by atoms with van der Waals surface area (Å²) in [6.45, 7) is 7.21. The highest BCUT2D eigenvalue weighted by Gasteiger charge is 2.14. The second-order valence-electron chi connectivity index (χ2n) is 7.13. The highest BCUT2D eigenvalue weighted by Crippen LogP contribution is 2.17. The Morgan fingerprint density at radius 2 is 2.07 bits per heavy atom. The predicted molar refractivity (Wildman–Crippen MR) is 112 cm³/mol. The van der Waals surface area contributed by atoms with E-state index in [1.807, 2.05) is 18.8 Å². The van der Waals surface area contributed by atoms with Crippen LogP contribution in [0, 0.1) is 13.8 Å². The van der Waals surface area contributed by atoms with Crippen LogP contribution in [0.2, 0.25) is 0 Å².